The monoisotopic (exact) mass is 270 g/mol. The van der Waals surface area contributed by atoms with Crippen LogP contribution in [0.2, 0.25) is 0 Å². The Kier molecular flexibility index (Phi) is 4.89. The summed E-state index contributed by atoms with van der Waals surface area (Å²) in [5, 5.41) is 0. The summed E-state index contributed by atoms with van der Waals surface area (Å²) < 4.78 is 30.7. The van der Waals surface area contributed by atoms with Gasteiger partial charge in [0.1, 0.15) is 5.75 Å². The van der Waals surface area contributed by atoms with Crippen LogP contribution in [-0.4, -0.2) is 33.4 Å². The molecule has 0 amide bonds. The van der Waals surface area contributed by atoms with E-state index in [0.717, 1.165) is 0 Å². The van der Waals surface area contributed by atoms with Gasteiger partial charge in [-0.1, -0.05) is 6.08 Å². The van der Waals surface area contributed by atoms with Gasteiger partial charge in [0.2, 0.25) is 10.0 Å². The molecule has 0 aromatic heterocycles. The molecule has 6 heteroatoms. The first-order valence-corrected chi connectivity index (χ1v) is 6.85. The minimum atomic E-state index is -3.51. The van der Waals surface area contributed by atoms with Gasteiger partial charge in [-0.15, -0.1) is 6.58 Å². The van der Waals surface area contributed by atoms with Crippen LogP contribution in [0.1, 0.15) is 5.56 Å². The Balaban J connectivity index is 3.21. The molecule has 0 saturated heterocycles. The molecule has 0 saturated carbocycles. The first-order chi connectivity index (χ1) is 8.47. The van der Waals surface area contributed by atoms with Crippen molar-refractivity contribution >= 4 is 10.0 Å². The predicted molar refractivity (Wildman–Crippen MR) is 70.9 cm³/mol. The maximum atomic E-state index is 12.2. The van der Waals surface area contributed by atoms with Crippen molar-refractivity contribution in [1.29, 1.82) is 0 Å². The zero-order valence-corrected chi connectivity index (χ0v) is 11.4. The van der Waals surface area contributed by atoms with Crippen LogP contribution in [0.15, 0.2) is 35.7 Å². The van der Waals surface area contributed by atoms with Crippen LogP contribution in [0.25, 0.3) is 0 Å². The van der Waals surface area contributed by atoms with Crippen molar-refractivity contribution in [2.75, 3.05) is 20.7 Å². The summed E-state index contributed by atoms with van der Waals surface area (Å²) in [5.41, 5.74) is 6.23. The van der Waals surface area contributed by atoms with Crippen molar-refractivity contribution in [2.24, 2.45) is 5.73 Å². The van der Waals surface area contributed by atoms with Gasteiger partial charge in [-0.05, 0) is 18.2 Å². The highest BCUT2D eigenvalue weighted by Crippen LogP contribution is 2.23. The molecule has 0 bridgehead atoms. The molecule has 18 heavy (non-hydrogen) atoms. The van der Waals surface area contributed by atoms with Gasteiger partial charge in [0.05, 0.1) is 12.0 Å². The van der Waals surface area contributed by atoms with Crippen LogP contribution in [0.4, 0.5) is 0 Å². The van der Waals surface area contributed by atoms with E-state index in [0.29, 0.717) is 11.3 Å². The quantitative estimate of drug-likeness (QED) is 0.781. The van der Waals surface area contributed by atoms with Crippen LogP contribution in [0, 0.1) is 0 Å². The van der Waals surface area contributed by atoms with Gasteiger partial charge in [0, 0.05) is 25.7 Å². The second-order valence-electron chi connectivity index (χ2n) is 3.75. The first-order valence-electron chi connectivity index (χ1n) is 5.41. The summed E-state index contributed by atoms with van der Waals surface area (Å²) in [5.74, 6) is 0.586. The molecular weight excluding hydrogens is 252 g/mol. The van der Waals surface area contributed by atoms with Crippen LogP contribution in [0.3, 0.4) is 0 Å². The lowest BCUT2D eigenvalue weighted by atomic mass is 10.2. The molecular formula is C12H18N2O3S. The van der Waals surface area contributed by atoms with Crippen molar-refractivity contribution < 1.29 is 13.2 Å². The Morgan fingerprint density at radius 2 is 2.17 bits per heavy atom. The Bertz CT molecular complexity index is 526. The summed E-state index contributed by atoms with van der Waals surface area (Å²) in [7, 11) is -0.484. The van der Waals surface area contributed by atoms with E-state index >= 15 is 0 Å². The molecule has 1 rings (SSSR count). The molecule has 0 radical (unpaired) electrons. The maximum Gasteiger partial charge on any atom is 0.243 e. The van der Waals surface area contributed by atoms with Gasteiger partial charge in [-0.25, -0.2) is 8.42 Å². The standard InChI is InChI=1S/C12H18N2O3S/c1-4-7-14(2)18(15,16)11-5-6-12(17-3)10(8-11)9-13/h4-6,8H,1,7,9,13H2,2-3H3. The van der Waals surface area contributed by atoms with E-state index in [4.69, 9.17) is 10.5 Å². The summed E-state index contributed by atoms with van der Waals surface area (Å²) in [6, 6.07) is 4.65. The average Bonchev–Trinajstić information content (AvgIpc) is 2.38. The Morgan fingerprint density at radius 3 is 2.67 bits per heavy atom. The SMILES string of the molecule is C=CCN(C)S(=O)(=O)c1ccc(OC)c(CN)c1. The number of ether oxygens (including phenoxy) is 1. The molecule has 0 heterocycles. The van der Waals surface area contributed by atoms with Crippen molar-refractivity contribution in [3.8, 4) is 5.75 Å². The van der Waals surface area contributed by atoms with Crippen LogP contribution < -0.4 is 10.5 Å². The van der Waals surface area contributed by atoms with E-state index < -0.39 is 10.0 Å². The zero-order valence-electron chi connectivity index (χ0n) is 10.6. The molecule has 1 aromatic rings. The van der Waals surface area contributed by atoms with Gasteiger partial charge >= 0.3 is 0 Å². The number of nitrogens with zero attached hydrogens (tertiary/aromatic N) is 1. The molecule has 1 aromatic carbocycles. The summed E-state index contributed by atoms with van der Waals surface area (Å²) in [6.45, 7) is 4.00. The van der Waals surface area contributed by atoms with Crippen LogP contribution in [0.5, 0.6) is 5.75 Å². The van der Waals surface area contributed by atoms with Gasteiger partial charge < -0.3 is 10.5 Å². The fourth-order valence-corrected chi connectivity index (χ4v) is 2.73. The van der Waals surface area contributed by atoms with E-state index in [1.165, 1.54) is 36.7 Å². The van der Waals surface area contributed by atoms with Gasteiger partial charge in [0.25, 0.3) is 0 Å². The number of likely N-dealkylation sites (N-methyl/N-ethyl adjacent to an activating group) is 1. The smallest absolute Gasteiger partial charge is 0.243 e. The second-order valence-corrected chi connectivity index (χ2v) is 5.80. The molecule has 2 N–H and O–H groups in total. The van der Waals surface area contributed by atoms with Gasteiger partial charge in [-0.2, -0.15) is 4.31 Å². The van der Waals surface area contributed by atoms with Crippen molar-refractivity contribution in [2.45, 2.75) is 11.4 Å². The maximum absolute atomic E-state index is 12.2. The summed E-state index contributed by atoms with van der Waals surface area (Å²) in [6.07, 6.45) is 1.53. The fraction of sp³-hybridized carbons (Fsp3) is 0.333. The molecule has 100 valence electrons. The largest absolute Gasteiger partial charge is 0.496 e. The molecule has 0 aliphatic carbocycles. The number of benzene rings is 1. The van der Waals surface area contributed by atoms with Crippen molar-refractivity contribution in [3.63, 3.8) is 0 Å². The topological polar surface area (TPSA) is 72.6 Å². The molecule has 0 aliphatic heterocycles. The highest BCUT2D eigenvalue weighted by molar-refractivity contribution is 7.89. The molecule has 0 aliphatic rings. The molecule has 5 nitrogen and oxygen atoms in total. The minimum absolute atomic E-state index is 0.202. The number of hydrogen-bond donors (Lipinski definition) is 1. The van der Waals surface area contributed by atoms with E-state index in [1.807, 2.05) is 0 Å². The molecule has 0 fully saturated rings. The number of hydrogen-bond acceptors (Lipinski definition) is 4. The lowest BCUT2D eigenvalue weighted by Crippen LogP contribution is -2.27. The number of methoxy groups -OCH3 is 1. The lowest BCUT2D eigenvalue weighted by molar-refractivity contribution is 0.409. The van der Waals surface area contributed by atoms with Crippen LogP contribution in [-0.2, 0) is 16.6 Å². The van der Waals surface area contributed by atoms with Crippen molar-refractivity contribution in [1.82, 2.24) is 4.31 Å². The predicted octanol–water partition coefficient (Wildman–Crippen LogP) is 0.960. The third-order valence-electron chi connectivity index (χ3n) is 2.57. The second kappa shape index (κ2) is 5.99. The van der Waals surface area contributed by atoms with E-state index in [2.05, 4.69) is 6.58 Å². The molecule has 0 spiro atoms. The molecule has 0 unspecified atom stereocenters. The first kappa shape index (κ1) is 14.7. The number of sulfonamides is 1. The van der Waals surface area contributed by atoms with Crippen LogP contribution >= 0.6 is 0 Å². The van der Waals surface area contributed by atoms with Gasteiger partial charge in [0.15, 0.2) is 0 Å². The van der Waals surface area contributed by atoms with E-state index in [-0.39, 0.29) is 18.0 Å². The summed E-state index contributed by atoms with van der Waals surface area (Å²) in [4.78, 5) is 0.202. The zero-order chi connectivity index (χ0) is 13.8. The number of rotatable bonds is 6. The highest BCUT2D eigenvalue weighted by Gasteiger charge is 2.20. The minimum Gasteiger partial charge on any atom is -0.496 e. The highest BCUT2D eigenvalue weighted by atomic mass is 32.2. The third-order valence-corrected chi connectivity index (χ3v) is 4.39. The Labute approximate surface area is 108 Å². The Hall–Kier alpha value is -1.37. The van der Waals surface area contributed by atoms with Crippen molar-refractivity contribution in [3.05, 3.63) is 36.4 Å². The van der Waals surface area contributed by atoms with Gasteiger partial charge in [-0.3, -0.25) is 0 Å². The summed E-state index contributed by atoms with van der Waals surface area (Å²) >= 11 is 0. The normalized spacial score (nSPS) is 11.6. The molecule has 0 atom stereocenters. The lowest BCUT2D eigenvalue weighted by Gasteiger charge is -2.16. The Morgan fingerprint density at radius 1 is 1.50 bits per heavy atom. The fourth-order valence-electron chi connectivity index (χ4n) is 1.53. The third kappa shape index (κ3) is 2.90. The number of nitrogens with two attached hydrogens (primary N) is 1. The average molecular weight is 270 g/mol. The van der Waals surface area contributed by atoms with E-state index in [9.17, 15) is 8.42 Å². The van der Waals surface area contributed by atoms with E-state index in [1.54, 1.807) is 6.07 Å².